The van der Waals surface area contributed by atoms with E-state index in [0.717, 1.165) is 13.0 Å². The predicted octanol–water partition coefficient (Wildman–Crippen LogP) is 2.10. The van der Waals surface area contributed by atoms with E-state index in [1.807, 2.05) is 0 Å². The standard InChI is InChI=1S/C10H17N/c1-8(2)10-5-3-9(7-11)4-6-10/h3,5-6,8-9H,4,7,11H2,1-2H3. The molecular formula is C10H17N. The number of allylic oxidation sites excluding steroid dienone is 3. The molecule has 1 nitrogen and oxygen atoms in total. The average Bonchev–Trinajstić information content (AvgIpc) is 2.05. The van der Waals surface area contributed by atoms with Gasteiger partial charge in [-0.25, -0.2) is 0 Å². The van der Waals surface area contributed by atoms with E-state index >= 15 is 0 Å². The summed E-state index contributed by atoms with van der Waals surface area (Å²) in [5, 5.41) is 0. The van der Waals surface area contributed by atoms with Gasteiger partial charge in [0.1, 0.15) is 0 Å². The third kappa shape index (κ3) is 2.19. The first-order valence-corrected chi connectivity index (χ1v) is 4.32. The van der Waals surface area contributed by atoms with Crippen molar-refractivity contribution in [1.82, 2.24) is 0 Å². The molecule has 0 heterocycles. The van der Waals surface area contributed by atoms with Gasteiger partial charge in [0.05, 0.1) is 0 Å². The molecule has 0 spiro atoms. The Labute approximate surface area is 69.0 Å². The zero-order valence-corrected chi connectivity index (χ0v) is 7.38. The molecule has 0 amide bonds. The van der Waals surface area contributed by atoms with Crippen LogP contribution in [0, 0.1) is 11.8 Å². The topological polar surface area (TPSA) is 26.0 Å². The highest BCUT2D eigenvalue weighted by molar-refractivity contribution is 5.25. The molecule has 11 heavy (non-hydrogen) atoms. The molecule has 0 saturated heterocycles. The molecule has 2 N–H and O–H groups in total. The number of nitrogens with two attached hydrogens (primary N) is 1. The molecule has 0 radical (unpaired) electrons. The summed E-state index contributed by atoms with van der Waals surface area (Å²) in [6.45, 7) is 5.22. The minimum Gasteiger partial charge on any atom is -0.330 e. The van der Waals surface area contributed by atoms with Gasteiger partial charge in [-0.1, -0.05) is 32.1 Å². The van der Waals surface area contributed by atoms with Crippen molar-refractivity contribution >= 4 is 0 Å². The van der Waals surface area contributed by atoms with Crippen LogP contribution in [0.25, 0.3) is 0 Å². The second-order valence-corrected chi connectivity index (χ2v) is 3.45. The van der Waals surface area contributed by atoms with Crippen LogP contribution in [0.1, 0.15) is 20.3 Å². The molecule has 1 unspecified atom stereocenters. The van der Waals surface area contributed by atoms with Gasteiger partial charge in [-0.2, -0.15) is 0 Å². The Morgan fingerprint density at radius 3 is 2.73 bits per heavy atom. The molecule has 1 atom stereocenters. The summed E-state index contributed by atoms with van der Waals surface area (Å²) in [4.78, 5) is 0. The summed E-state index contributed by atoms with van der Waals surface area (Å²) < 4.78 is 0. The van der Waals surface area contributed by atoms with Crippen LogP contribution in [0.4, 0.5) is 0 Å². The van der Waals surface area contributed by atoms with Gasteiger partial charge in [-0.15, -0.1) is 0 Å². The number of hydrogen-bond donors (Lipinski definition) is 1. The molecule has 0 aromatic carbocycles. The minimum atomic E-state index is 0.581. The molecular weight excluding hydrogens is 134 g/mol. The van der Waals surface area contributed by atoms with Crippen molar-refractivity contribution in [1.29, 1.82) is 0 Å². The quantitative estimate of drug-likeness (QED) is 0.642. The van der Waals surface area contributed by atoms with E-state index in [1.165, 1.54) is 5.57 Å². The van der Waals surface area contributed by atoms with Crippen LogP contribution >= 0.6 is 0 Å². The third-order valence-corrected chi connectivity index (χ3v) is 2.19. The Balaban J connectivity index is 2.53. The highest BCUT2D eigenvalue weighted by Crippen LogP contribution is 2.20. The van der Waals surface area contributed by atoms with Crippen molar-refractivity contribution in [2.45, 2.75) is 20.3 Å². The first-order chi connectivity index (χ1) is 5.24. The summed E-state index contributed by atoms with van der Waals surface area (Å²) in [5.41, 5.74) is 7.00. The van der Waals surface area contributed by atoms with Crippen LogP contribution in [0.3, 0.4) is 0 Å². The molecule has 0 aromatic heterocycles. The van der Waals surface area contributed by atoms with E-state index in [0.29, 0.717) is 11.8 Å². The van der Waals surface area contributed by atoms with Crippen molar-refractivity contribution in [2.24, 2.45) is 17.6 Å². The highest BCUT2D eigenvalue weighted by Gasteiger charge is 2.07. The van der Waals surface area contributed by atoms with Gasteiger partial charge in [0.2, 0.25) is 0 Å². The first kappa shape index (κ1) is 8.54. The van der Waals surface area contributed by atoms with Crippen LogP contribution in [-0.2, 0) is 0 Å². The van der Waals surface area contributed by atoms with Crippen LogP contribution in [0.15, 0.2) is 23.8 Å². The molecule has 1 heteroatoms. The van der Waals surface area contributed by atoms with Crippen LogP contribution in [0.2, 0.25) is 0 Å². The molecule has 62 valence electrons. The lowest BCUT2D eigenvalue weighted by atomic mass is 9.91. The third-order valence-electron chi connectivity index (χ3n) is 2.19. The molecule has 0 aromatic rings. The Kier molecular flexibility index (Phi) is 2.89. The normalized spacial score (nSPS) is 24.0. The molecule has 1 aliphatic rings. The van der Waals surface area contributed by atoms with Crippen molar-refractivity contribution in [3.63, 3.8) is 0 Å². The van der Waals surface area contributed by atoms with Gasteiger partial charge >= 0.3 is 0 Å². The molecule has 0 bridgehead atoms. The van der Waals surface area contributed by atoms with Gasteiger partial charge in [0, 0.05) is 0 Å². The molecule has 1 aliphatic carbocycles. The predicted molar refractivity (Wildman–Crippen MR) is 49.2 cm³/mol. The number of rotatable bonds is 2. The van der Waals surface area contributed by atoms with E-state index in [9.17, 15) is 0 Å². The SMILES string of the molecule is CC(C)C1=CCC(CN)C=C1. The van der Waals surface area contributed by atoms with Gasteiger partial charge < -0.3 is 5.73 Å². The summed E-state index contributed by atoms with van der Waals surface area (Å²) in [6.07, 6.45) is 7.88. The summed E-state index contributed by atoms with van der Waals surface area (Å²) in [5.74, 6) is 1.24. The van der Waals surface area contributed by atoms with Crippen LogP contribution in [0.5, 0.6) is 0 Å². The van der Waals surface area contributed by atoms with Crippen LogP contribution in [-0.4, -0.2) is 6.54 Å². The van der Waals surface area contributed by atoms with E-state index in [-0.39, 0.29) is 0 Å². The van der Waals surface area contributed by atoms with E-state index in [4.69, 9.17) is 5.73 Å². The molecule has 0 aliphatic heterocycles. The number of hydrogen-bond acceptors (Lipinski definition) is 1. The molecule has 1 rings (SSSR count). The summed E-state index contributed by atoms with van der Waals surface area (Å²) in [7, 11) is 0. The monoisotopic (exact) mass is 151 g/mol. The first-order valence-electron chi connectivity index (χ1n) is 4.32. The molecule has 0 saturated carbocycles. The van der Waals surface area contributed by atoms with Crippen LogP contribution < -0.4 is 5.73 Å². The zero-order valence-electron chi connectivity index (χ0n) is 7.38. The largest absolute Gasteiger partial charge is 0.330 e. The second kappa shape index (κ2) is 3.72. The highest BCUT2D eigenvalue weighted by atomic mass is 14.5. The van der Waals surface area contributed by atoms with Crippen molar-refractivity contribution in [3.05, 3.63) is 23.8 Å². The summed E-state index contributed by atoms with van der Waals surface area (Å²) in [6, 6.07) is 0. The lowest BCUT2D eigenvalue weighted by Crippen LogP contribution is -2.13. The fourth-order valence-electron chi connectivity index (χ4n) is 1.28. The Morgan fingerprint density at radius 1 is 1.64 bits per heavy atom. The van der Waals surface area contributed by atoms with E-state index < -0.39 is 0 Å². The lowest BCUT2D eigenvalue weighted by molar-refractivity contribution is 0.649. The fourth-order valence-corrected chi connectivity index (χ4v) is 1.28. The van der Waals surface area contributed by atoms with Crippen molar-refractivity contribution in [3.8, 4) is 0 Å². The maximum atomic E-state index is 5.54. The van der Waals surface area contributed by atoms with Gasteiger partial charge in [0.15, 0.2) is 0 Å². The smallest absolute Gasteiger partial charge is 0.00111 e. The van der Waals surface area contributed by atoms with Crippen molar-refractivity contribution < 1.29 is 0 Å². The van der Waals surface area contributed by atoms with E-state index in [2.05, 4.69) is 32.1 Å². The molecule has 0 fully saturated rings. The summed E-state index contributed by atoms with van der Waals surface area (Å²) >= 11 is 0. The van der Waals surface area contributed by atoms with Gasteiger partial charge in [-0.05, 0) is 30.4 Å². The Hall–Kier alpha value is -0.560. The maximum absolute atomic E-state index is 5.54. The lowest BCUT2D eigenvalue weighted by Gasteiger charge is -2.15. The maximum Gasteiger partial charge on any atom is -0.00111 e. The fraction of sp³-hybridized carbons (Fsp3) is 0.600. The minimum absolute atomic E-state index is 0.581. The second-order valence-electron chi connectivity index (χ2n) is 3.45. The average molecular weight is 151 g/mol. The van der Waals surface area contributed by atoms with Gasteiger partial charge in [-0.3, -0.25) is 0 Å². The Bertz CT molecular complexity index is 177. The Morgan fingerprint density at radius 2 is 2.36 bits per heavy atom. The zero-order chi connectivity index (χ0) is 8.27. The van der Waals surface area contributed by atoms with E-state index in [1.54, 1.807) is 0 Å². The van der Waals surface area contributed by atoms with Crippen molar-refractivity contribution in [2.75, 3.05) is 6.54 Å². The van der Waals surface area contributed by atoms with Gasteiger partial charge in [0.25, 0.3) is 0 Å².